The maximum atomic E-state index is 12.4. The summed E-state index contributed by atoms with van der Waals surface area (Å²) in [6, 6.07) is 15.1. The van der Waals surface area contributed by atoms with Gasteiger partial charge in [0.1, 0.15) is 0 Å². The lowest BCUT2D eigenvalue weighted by Crippen LogP contribution is -2.32. The zero-order valence-corrected chi connectivity index (χ0v) is 15.7. The second-order valence-electron chi connectivity index (χ2n) is 6.04. The molecule has 0 aliphatic rings. The molecule has 0 bridgehead atoms. The summed E-state index contributed by atoms with van der Waals surface area (Å²) in [6.07, 6.45) is 2.84. The van der Waals surface area contributed by atoms with E-state index in [1.807, 2.05) is 37.3 Å². The molecule has 0 heterocycles. The maximum Gasteiger partial charge on any atom is 0.319 e. The first-order valence-electron chi connectivity index (χ1n) is 9.11. The fourth-order valence-corrected chi connectivity index (χ4v) is 2.63. The van der Waals surface area contributed by atoms with Crippen molar-refractivity contribution in [3.8, 4) is 11.5 Å². The van der Waals surface area contributed by atoms with Crippen LogP contribution in [0, 0.1) is 0 Å². The summed E-state index contributed by atoms with van der Waals surface area (Å²) in [5, 5.41) is 5.88. The molecule has 2 aromatic rings. The maximum absolute atomic E-state index is 12.4. The fourth-order valence-electron chi connectivity index (χ4n) is 2.63. The van der Waals surface area contributed by atoms with E-state index < -0.39 is 0 Å². The van der Waals surface area contributed by atoms with Crippen LogP contribution in [-0.2, 0) is 0 Å². The van der Waals surface area contributed by atoms with Gasteiger partial charge in [-0.2, -0.15) is 0 Å². The van der Waals surface area contributed by atoms with Crippen molar-refractivity contribution in [1.29, 1.82) is 0 Å². The summed E-state index contributed by atoms with van der Waals surface area (Å²) < 4.78 is 11.1. The second kappa shape index (κ2) is 10.3. The first kappa shape index (κ1) is 19.6. The Balaban J connectivity index is 2.02. The molecule has 2 amide bonds. The van der Waals surface area contributed by atoms with E-state index in [0.29, 0.717) is 23.8 Å². The Hall–Kier alpha value is -2.69. The predicted octanol–water partition coefficient (Wildman–Crippen LogP) is 5.15. The Morgan fingerprint density at radius 3 is 2.50 bits per heavy atom. The number of hydrogen-bond donors (Lipinski definition) is 2. The topological polar surface area (TPSA) is 59.6 Å². The number of amides is 2. The number of methoxy groups -OCH3 is 1. The fraction of sp³-hybridized carbons (Fsp3) is 0.381. The van der Waals surface area contributed by atoms with E-state index in [2.05, 4.69) is 17.6 Å². The van der Waals surface area contributed by atoms with Crippen LogP contribution in [0.15, 0.2) is 48.5 Å². The average Bonchev–Trinajstić information content (AvgIpc) is 2.67. The monoisotopic (exact) mass is 356 g/mol. The van der Waals surface area contributed by atoms with E-state index in [4.69, 9.17) is 9.47 Å². The smallest absolute Gasteiger partial charge is 0.319 e. The van der Waals surface area contributed by atoms with Crippen molar-refractivity contribution in [2.75, 3.05) is 19.0 Å². The van der Waals surface area contributed by atoms with Gasteiger partial charge in [0, 0.05) is 11.8 Å². The summed E-state index contributed by atoms with van der Waals surface area (Å²) in [5.41, 5.74) is 1.75. The lowest BCUT2D eigenvalue weighted by atomic mass is 10.1. The molecule has 1 atom stereocenters. The predicted molar refractivity (Wildman–Crippen MR) is 105 cm³/mol. The Kier molecular flexibility index (Phi) is 7.80. The van der Waals surface area contributed by atoms with Crippen LogP contribution in [0.25, 0.3) is 0 Å². The molecule has 2 aromatic carbocycles. The zero-order valence-electron chi connectivity index (χ0n) is 15.7. The summed E-state index contributed by atoms with van der Waals surface area (Å²) >= 11 is 0. The van der Waals surface area contributed by atoms with Crippen molar-refractivity contribution in [2.24, 2.45) is 0 Å². The van der Waals surface area contributed by atoms with E-state index >= 15 is 0 Å². The third-order valence-corrected chi connectivity index (χ3v) is 4.09. The molecule has 2 rings (SSSR count). The minimum atomic E-state index is -0.245. The zero-order chi connectivity index (χ0) is 18.8. The number of urea groups is 1. The van der Waals surface area contributed by atoms with Crippen LogP contribution in [0.5, 0.6) is 11.5 Å². The number of unbranched alkanes of at least 4 members (excludes halogenated alkanes) is 1. The Labute approximate surface area is 155 Å². The van der Waals surface area contributed by atoms with Gasteiger partial charge in [0.15, 0.2) is 11.5 Å². The quantitative estimate of drug-likeness (QED) is 0.611. The van der Waals surface area contributed by atoms with Crippen molar-refractivity contribution in [1.82, 2.24) is 5.32 Å². The third-order valence-electron chi connectivity index (χ3n) is 4.09. The highest BCUT2D eigenvalue weighted by molar-refractivity contribution is 5.90. The summed E-state index contributed by atoms with van der Waals surface area (Å²) in [6.45, 7) is 4.78. The molecule has 0 radical (unpaired) electrons. The number of benzene rings is 2. The Morgan fingerprint density at radius 2 is 1.85 bits per heavy atom. The summed E-state index contributed by atoms with van der Waals surface area (Å²) in [5.74, 6) is 1.29. The third kappa shape index (κ3) is 5.69. The van der Waals surface area contributed by atoms with Crippen LogP contribution >= 0.6 is 0 Å². The van der Waals surface area contributed by atoms with Gasteiger partial charge in [0.2, 0.25) is 0 Å². The van der Waals surface area contributed by atoms with Crippen LogP contribution in [0.3, 0.4) is 0 Å². The molecular formula is C21H28N2O3. The molecule has 0 saturated carbocycles. The number of carbonyl (C=O) groups is 1. The molecule has 0 aliphatic carbocycles. The molecule has 0 fully saturated rings. The summed E-state index contributed by atoms with van der Waals surface area (Å²) in [7, 11) is 1.60. The number of hydrogen-bond acceptors (Lipinski definition) is 3. The number of anilines is 1. The summed E-state index contributed by atoms with van der Waals surface area (Å²) in [4.78, 5) is 12.4. The van der Waals surface area contributed by atoms with Crippen molar-refractivity contribution in [2.45, 2.75) is 39.2 Å². The number of rotatable bonds is 9. The molecule has 5 heteroatoms. The molecule has 5 nitrogen and oxygen atoms in total. The van der Waals surface area contributed by atoms with Crippen LogP contribution in [0.1, 0.15) is 44.7 Å². The van der Waals surface area contributed by atoms with Gasteiger partial charge in [0.25, 0.3) is 0 Å². The number of carbonyl (C=O) groups excluding carboxylic acids is 1. The van der Waals surface area contributed by atoms with Gasteiger partial charge in [-0.25, -0.2) is 4.79 Å². The molecule has 2 N–H and O–H groups in total. The molecule has 0 aliphatic heterocycles. The van der Waals surface area contributed by atoms with Crippen LogP contribution in [0.2, 0.25) is 0 Å². The first-order chi connectivity index (χ1) is 12.7. The van der Waals surface area contributed by atoms with Gasteiger partial charge in [-0.05, 0) is 30.5 Å². The molecule has 0 aromatic heterocycles. The number of ether oxygens (including phenoxy) is 2. The highest BCUT2D eigenvalue weighted by Gasteiger charge is 2.13. The Bertz CT molecular complexity index is 689. The van der Waals surface area contributed by atoms with Gasteiger partial charge in [-0.15, -0.1) is 0 Å². The minimum absolute atomic E-state index is 0.0327. The van der Waals surface area contributed by atoms with Gasteiger partial charge >= 0.3 is 6.03 Å². The molecule has 26 heavy (non-hydrogen) atoms. The van der Waals surface area contributed by atoms with Gasteiger partial charge < -0.3 is 20.1 Å². The van der Waals surface area contributed by atoms with E-state index in [0.717, 1.165) is 24.8 Å². The van der Waals surface area contributed by atoms with Crippen LogP contribution in [-0.4, -0.2) is 19.7 Å². The average molecular weight is 356 g/mol. The SMILES string of the molecule is CCCCOc1cc(NC(=O)NC(CC)c2ccccc2)ccc1OC. The highest BCUT2D eigenvalue weighted by atomic mass is 16.5. The normalized spacial score (nSPS) is 11.5. The van der Waals surface area contributed by atoms with Gasteiger partial charge in [-0.1, -0.05) is 50.6 Å². The number of nitrogens with one attached hydrogen (secondary N) is 2. The van der Waals surface area contributed by atoms with Gasteiger partial charge in [-0.3, -0.25) is 0 Å². The van der Waals surface area contributed by atoms with E-state index in [1.54, 1.807) is 25.3 Å². The lowest BCUT2D eigenvalue weighted by Gasteiger charge is -2.18. The molecular weight excluding hydrogens is 328 g/mol. The van der Waals surface area contributed by atoms with Crippen molar-refractivity contribution < 1.29 is 14.3 Å². The van der Waals surface area contributed by atoms with Gasteiger partial charge in [0.05, 0.1) is 19.8 Å². The van der Waals surface area contributed by atoms with Crippen LogP contribution < -0.4 is 20.1 Å². The first-order valence-corrected chi connectivity index (χ1v) is 9.11. The lowest BCUT2D eigenvalue weighted by molar-refractivity contribution is 0.248. The second-order valence-corrected chi connectivity index (χ2v) is 6.04. The van der Waals surface area contributed by atoms with E-state index in [-0.39, 0.29) is 12.1 Å². The van der Waals surface area contributed by atoms with E-state index in [9.17, 15) is 4.79 Å². The standard InChI is InChI=1S/C21H28N2O3/c1-4-6-14-26-20-15-17(12-13-19(20)25-3)22-21(24)23-18(5-2)16-10-8-7-9-11-16/h7-13,15,18H,4-6,14H2,1-3H3,(H2,22,23,24). The van der Waals surface area contributed by atoms with Crippen molar-refractivity contribution in [3.63, 3.8) is 0 Å². The minimum Gasteiger partial charge on any atom is -0.493 e. The van der Waals surface area contributed by atoms with Crippen molar-refractivity contribution >= 4 is 11.7 Å². The van der Waals surface area contributed by atoms with E-state index in [1.165, 1.54) is 0 Å². The van der Waals surface area contributed by atoms with Crippen molar-refractivity contribution in [3.05, 3.63) is 54.1 Å². The molecule has 0 saturated heterocycles. The Morgan fingerprint density at radius 1 is 1.08 bits per heavy atom. The highest BCUT2D eigenvalue weighted by Crippen LogP contribution is 2.30. The molecule has 140 valence electrons. The van der Waals surface area contributed by atoms with Crippen LogP contribution in [0.4, 0.5) is 10.5 Å². The molecule has 0 spiro atoms. The largest absolute Gasteiger partial charge is 0.493 e. The molecule has 1 unspecified atom stereocenters.